The Morgan fingerprint density at radius 2 is 0.986 bits per heavy atom. The molecule has 0 aliphatic heterocycles. The second kappa shape index (κ2) is 40.1. The predicted molar refractivity (Wildman–Crippen MR) is 278 cm³/mol. The molecule has 0 radical (unpaired) electrons. The minimum atomic E-state index is -0.382. The van der Waals surface area contributed by atoms with Crippen LogP contribution < -0.4 is 23.7 Å². The molecule has 0 aromatic heterocycles. The monoisotopic (exact) mass is 1010 g/mol. The van der Waals surface area contributed by atoms with Gasteiger partial charge in [-0.3, -0.25) is 19.2 Å². The van der Waals surface area contributed by atoms with E-state index in [9.17, 15) is 28.8 Å². The van der Waals surface area contributed by atoms with Crippen molar-refractivity contribution in [3.05, 3.63) is 103 Å². The second-order valence-electron chi connectivity index (χ2n) is 17.5. The zero-order valence-electron chi connectivity index (χ0n) is 43.2. The number of carbonyl (C=O) groups is 7. The summed E-state index contributed by atoms with van der Waals surface area (Å²) in [6, 6.07) is 20.0. The summed E-state index contributed by atoms with van der Waals surface area (Å²) in [5.74, 6) is 2.21. The van der Waals surface area contributed by atoms with Gasteiger partial charge in [0.25, 0.3) is 0 Å². The fraction of sp³-hybridized carbons (Fsp3) is 0.500. The van der Waals surface area contributed by atoms with E-state index in [2.05, 4.69) is 13.2 Å². The van der Waals surface area contributed by atoms with Crippen molar-refractivity contribution in [1.29, 1.82) is 0 Å². The lowest BCUT2D eigenvalue weighted by Crippen LogP contribution is -2.26. The van der Waals surface area contributed by atoms with E-state index in [0.29, 0.717) is 81.6 Å². The quantitative estimate of drug-likeness (QED) is 0.0209. The van der Waals surface area contributed by atoms with Crippen LogP contribution in [0.5, 0.6) is 28.7 Å². The Kier molecular flexibility index (Phi) is 34.4. The van der Waals surface area contributed by atoms with Gasteiger partial charge < -0.3 is 47.5 Å². The number of esters is 3. The first-order valence-corrected chi connectivity index (χ1v) is 25.3. The molecule has 15 nitrogen and oxygen atoms in total. The highest BCUT2D eigenvalue weighted by molar-refractivity contribution is 5.83. The maximum atomic E-state index is 12.2. The van der Waals surface area contributed by atoms with Gasteiger partial charge in [-0.05, 0) is 175 Å². The maximum Gasteiger partial charge on any atom is 0.330 e. The van der Waals surface area contributed by atoms with Crippen molar-refractivity contribution in [2.24, 2.45) is 23.7 Å². The summed E-state index contributed by atoms with van der Waals surface area (Å²) in [4.78, 5) is 77.2. The third kappa shape index (κ3) is 27.8. The highest BCUT2D eigenvalue weighted by Gasteiger charge is 2.29. The predicted octanol–water partition coefficient (Wildman–Crippen LogP) is 10.5. The minimum absolute atomic E-state index is 0.0599. The Hall–Kier alpha value is -6.45. The molecule has 0 unspecified atom stereocenters. The van der Waals surface area contributed by atoms with Gasteiger partial charge in [0.05, 0.1) is 50.9 Å². The summed E-state index contributed by atoms with van der Waals surface area (Å²) in [6.07, 6.45) is 20.4. The van der Waals surface area contributed by atoms with Gasteiger partial charge in [-0.2, -0.15) is 0 Å². The standard InChI is InChI=1S/C23H30O6.C18H22O5.C14H22O3.C3H4O/c1-2-22(25)28-16-6-4-3-5-15-27-20-11-13-21(14-12-20)29-23(26)19-9-7-18(17-24)8-10-19;1-22-9-8-13-4-7-17(16(10-13)12-20)23-18(21)15-5-2-14(11-19)3-6-15;1-15-11-5-3-4-6-12-17-14-9-7-13(16-2)8-10-14;1-2-3-4/h2,11-14,17-19H,1,3-10,15-16H2;4,7,10-12,14-15H,2-3,5-6,8-9H2,1H3;7-10H,3-6,11-12H2,1-2H3;2-3H,1H2. The van der Waals surface area contributed by atoms with E-state index >= 15 is 0 Å². The third-order valence-corrected chi connectivity index (χ3v) is 12.0. The topological polar surface area (TPSA) is 193 Å². The molecule has 0 saturated heterocycles. The summed E-state index contributed by atoms with van der Waals surface area (Å²) < 4.78 is 42.2. The van der Waals surface area contributed by atoms with Crippen LogP contribution in [-0.2, 0) is 49.4 Å². The Balaban J connectivity index is 0.000000372. The number of hydrogen-bond acceptors (Lipinski definition) is 15. The summed E-state index contributed by atoms with van der Waals surface area (Å²) in [5, 5.41) is 0. The largest absolute Gasteiger partial charge is 0.497 e. The van der Waals surface area contributed by atoms with Crippen LogP contribution in [0.25, 0.3) is 0 Å². The SMILES string of the molecule is C=CC(=O)OCCCCCCOc1ccc(OC(=O)C2CCC(C=O)CC2)cc1.C=CC=O.COCCCCCCOc1ccc(OC)cc1.COCCc1ccc(OC(=O)C2CCC(C=O)CC2)c(C=O)c1. The molecule has 2 fully saturated rings. The van der Waals surface area contributed by atoms with E-state index in [1.807, 2.05) is 30.3 Å². The first kappa shape index (κ1) is 62.7. The van der Waals surface area contributed by atoms with E-state index in [1.54, 1.807) is 57.7 Å². The van der Waals surface area contributed by atoms with E-state index in [-0.39, 0.29) is 41.6 Å². The van der Waals surface area contributed by atoms with Crippen molar-refractivity contribution in [3.63, 3.8) is 0 Å². The summed E-state index contributed by atoms with van der Waals surface area (Å²) in [7, 11) is 5.03. The average Bonchev–Trinajstić information content (AvgIpc) is 3.44. The smallest absolute Gasteiger partial charge is 0.330 e. The molecule has 2 aliphatic rings. The van der Waals surface area contributed by atoms with Crippen LogP contribution in [0.2, 0.25) is 0 Å². The van der Waals surface area contributed by atoms with Crippen molar-refractivity contribution < 1.29 is 71.5 Å². The van der Waals surface area contributed by atoms with E-state index in [4.69, 9.17) is 42.7 Å². The third-order valence-electron chi connectivity index (χ3n) is 12.0. The Morgan fingerprint density at radius 3 is 1.42 bits per heavy atom. The number of carbonyl (C=O) groups excluding carboxylic acids is 7. The Labute approximate surface area is 432 Å². The number of methoxy groups -OCH3 is 3. The molecule has 0 heterocycles. The molecule has 73 heavy (non-hydrogen) atoms. The van der Waals surface area contributed by atoms with E-state index < -0.39 is 0 Å². The average molecular weight is 1020 g/mol. The van der Waals surface area contributed by atoms with Crippen LogP contribution >= 0.6 is 0 Å². The molecular formula is C58H78O15. The first-order chi connectivity index (χ1) is 35.6. The number of rotatable bonds is 29. The number of unbranched alkanes of at least 4 members (excludes halogenated alkanes) is 6. The maximum absolute atomic E-state index is 12.2. The van der Waals surface area contributed by atoms with Crippen LogP contribution in [0, 0.1) is 23.7 Å². The van der Waals surface area contributed by atoms with Crippen LogP contribution in [0.4, 0.5) is 0 Å². The highest BCUT2D eigenvalue weighted by atomic mass is 16.5. The van der Waals surface area contributed by atoms with E-state index in [0.717, 1.165) is 113 Å². The van der Waals surface area contributed by atoms with Crippen molar-refractivity contribution in [3.8, 4) is 28.7 Å². The Morgan fingerprint density at radius 1 is 0.534 bits per heavy atom. The fourth-order valence-electron chi connectivity index (χ4n) is 7.68. The molecule has 5 rings (SSSR count). The van der Waals surface area contributed by atoms with Crippen LogP contribution in [0.15, 0.2) is 92.0 Å². The lowest BCUT2D eigenvalue weighted by atomic mass is 9.83. The van der Waals surface area contributed by atoms with Gasteiger partial charge in [-0.15, -0.1) is 0 Å². The minimum Gasteiger partial charge on any atom is -0.497 e. The summed E-state index contributed by atoms with van der Waals surface area (Å²) in [6.45, 7) is 9.69. The zero-order chi connectivity index (χ0) is 53.3. The summed E-state index contributed by atoms with van der Waals surface area (Å²) >= 11 is 0. The molecule has 3 aromatic rings. The first-order valence-electron chi connectivity index (χ1n) is 25.3. The lowest BCUT2D eigenvalue weighted by Gasteiger charge is -2.23. The van der Waals surface area contributed by atoms with Gasteiger partial charge in [0.2, 0.25) is 0 Å². The van der Waals surface area contributed by atoms with E-state index in [1.165, 1.54) is 25.0 Å². The highest BCUT2D eigenvalue weighted by Crippen LogP contribution is 2.31. The van der Waals surface area contributed by atoms with Crippen LogP contribution in [0.3, 0.4) is 0 Å². The van der Waals surface area contributed by atoms with Gasteiger partial charge in [-0.25, -0.2) is 4.79 Å². The van der Waals surface area contributed by atoms with Gasteiger partial charge in [0.1, 0.15) is 47.6 Å². The number of benzene rings is 3. The summed E-state index contributed by atoms with van der Waals surface area (Å²) in [5.41, 5.74) is 1.33. The number of aldehydes is 4. The fourth-order valence-corrected chi connectivity index (χ4v) is 7.68. The lowest BCUT2D eigenvalue weighted by molar-refractivity contribution is -0.141. The molecule has 0 spiro atoms. The molecule has 0 amide bonds. The van der Waals surface area contributed by atoms with Gasteiger partial charge in [0.15, 0.2) is 6.29 Å². The van der Waals surface area contributed by atoms with Crippen molar-refractivity contribution in [2.75, 3.05) is 54.4 Å². The molecule has 15 heteroatoms. The molecule has 3 aromatic carbocycles. The molecule has 0 atom stereocenters. The van der Waals surface area contributed by atoms with Crippen LogP contribution in [0.1, 0.15) is 119 Å². The molecule has 0 bridgehead atoms. The number of hydrogen-bond donors (Lipinski definition) is 0. The molecule has 2 saturated carbocycles. The number of allylic oxidation sites excluding steroid dienone is 1. The number of ether oxygens (including phenoxy) is 8. The van der Waals surface area contributed by atoms with Gasteiger partial charge in [-0.1, -0.05) is 25.6 Å². The molecule has 400 valence electrons. The second-order valence-corrected chi connectivity index (χ2v) is 17.5. The van der Waals surface area contributed by atoms with Gasteiger partial charge in [0, 0.05) is 38.7 Å². The van der Waals surface area contributed by atoms with Crippen molar-refractivity contribution >= 4 is 43.1 Å². The molecular weight excluding hydrogens is 937 g/mol. The van der Waals surface area contributed by atoms with Crippen molar-refractivity contribution in [1.82, 2.24) is 0 Å². The van der Waals surface area contributed by atoms with Gasteiger partial charge >= 0.3 is 17.9 Å². The normalized spacial score (nSPS) is 16.5. The zero-order valence-corrected chi connectivity index (χ0v) is 43.2. The molecule has 2 aliphatic carbocycles. The molecule has 0 N–H and O–H groups in total. The van der Waals surface area contributed by atoms with Crippen LogP contribution in [-0.4, -0.2) is 97.4 Å². The van der Waals surface area contributed by atoms with Crippen molar-refractivity contribution in [2.45, 2.75) is 109 Å². The Bertz CT molecular complexity index is 2030.